The molecule has 0 aliphatic heterocycles. The van der Waals surface area contributed by atoms with E-state index in [9.17, 15) is 18.0 Å². The number of hydrogen-bond acceptors (Lipinski definition) is 8. The second kappa shape index (κ2) is 9.30. The van der Waals surface area contributed by atoms with E-state index in [0.717, 1.165) is 17.8 Å². The molecule has 1 N–H and O–H groups in total. The Morgan fingerprint density at radius 1 is 1.17 bits per heavy atom. The van der Waals surface area contributed by atoms with Gasteiger partial charge in [0.05, 0.1) is 25.7 Å². The van der Waals surface area contributed by atoms with Crippen molar-refractivity contribution >= 4 is 34.1 Å². The van der Waals surface area contributed by atoms with Crippen molar-refractivity contribution in [1.29, 1.82) is 0 Å². The summed E-state index contributed by atoms with van der Waals surface area (Å²) >= 11 is 2.02. The normalized spacial score (nSPS) is 11.2. The lowest BCUT2D eigenvalue weighted by atomic mass is 10.1. The van der Waals surface area contributed by atoms with Crippen LogP contribution in [0.15, 0.2) is 41.0 Å². The molecule has 158 valence electrons. The van der Waals surface area contributed by atoms with Gasteiger partial charge in [0.15, 0.2) is 21.8 Å². The lowest BCUT2D eigenvalue weighted by molar-refractivity contribution is -0.141. The molecule has 1 aromatic carbocycles. The summed E-state index contributed by atoms with van der Waals surface area (Å²) in [6, 6.07) is 5.50. The summed E-state index contributed by atoms with van der Waals surface area (Å²) in [5.74, 6) is 0.175. The Bertz CT molecular complexity index is 1030. The quantitative estimate of drug-likeness (QED) is 0.417. The molecule has 3 rings (SSSR count). The van der Waals surface area contributed by atoms with Gasteiger partial charge in [-0.2, -0.15) is 13.2 Å². The van der Waals surface area contributed by atoms with Gasteiger partial charge in [-0.25, -0.2) is 15.0 Å². The minimum absolute atomic E-state index is 0.0427. The molecule has 1 amide bonds. The van der Waals surface area contributed by atoms with E-state index in [1.807, 2.05) is 0 Å². The van der Waals surface area contributed by atoms with E-state index >= 15 is 0 Å². The molecule has 0 unspecified atom stereocenters. The molecular formula is C18H15F3N4O3S2. The van der Waals surface area contributed by atoms with Crippen molar-refractivity contribution < 1.29 is 27.4 Å². The zero-order valence-electron chi connectivity index (χ0n) is 15.7. The molecule has 0 aliphatic carbocycles. The molecule has 0 atom stereocenters. The third kappa shape index (κ3) is 5.39. The Kier molecular flexibility index (Phi) is 6.77. The van der Waals surface area contributed by atoms with Crippen molar-refractivity contribution in [2.75, 3.05) is 25.3 Å². The average Bonchev–Trinajstić information content (AvgIpc) is 3.23. The lowest BCUT2D eigenvalue weighted by Crippen LogP contribution is -2.15. The smallest absolute Gasteiger partial charge is 0.433 e. The number of nitrogens with one attached hydrogen (secondary N) is 1. The van der Waals surface area contributed by atoms with Crippen molar-refractivity contribution in [3.63, 3.8) is 0 Å². The lowest BCUT2D eigenvalue weighted by Gasteiger charge is -2.12. The Morgan fingerprint density at radius 2 is 1.93 bits per heavy atom. The van der Waals surface area contributed by atoms with E-state index < -0.39 is 17.8 Å². The number of rotatable bonds is 7. The number of benzene rings is 1. The molecule has 0 saturated heterocycles. The van der Waals surface area contributed by atoms with Gasteiger partial charge in [-0.05, 0) is 24.3 Å². The maximum Gasteiger partial charge on any atom is 0.433 e. The first kappa shape index (κ1) is 21.8. The number of hydrogen-bond donors (Lipinski definition) is 1. The Balaban J connectivity index is 1.88. The number of alkyl halides is 3. The fourth-order valence-electron chi connectivity index (χ4n) is 2.35. The molecule has 0 fully saturated rings. The van der Waals surface area contributed by atoms with Crippen LogP contribution in [0.4, 0.5) is 18.3 Å². The van der Waals surface area contributed by atoms with Gasteiger partial charge in [-0.1, -0.05) is 11.8 Å². The molecule has 0 spiro atoms. The van der Waals surface area contributed by atoms with Crippen LogP contribution in [-0.4, -0.2) is 40.8 Å². The largest absolute Gasteiger partial charge is 0.493 e. The molecule has 3 aromatic rings. The third-order valence-electron chi connectivity index (χ3n) is 3.69. The number of thiazole rings is 1. The highest BCUT2D eigenvalue weighted by molar-refractivity contribution is 7.99. The molecule has 12 heteroatoms. The summed E-state index contributed by atoms with van der Waals surface area (Å²) in [6.45, 7) is 0. The average molecular weight is 456 g/mol. The zero-order chi connectivity index (χ0) is 21.7. The van der Waals surface area contributed by atoms with Crippen LogP contribution in [0.5, 0.6) is 11.5 Å². The Labute approximate surface area is 177 Å². The van der Waals surface area contributed by atoms with Gasteiger partial charge in [0.1, 0.15) is 5.69 Å². The Morgan fingerprint density at radius 3 is 2.57 bits per heavy atom. The summed E-state index contributed by atoms with van der Waals surface area (Å²) in [6.07, 6.45) is -3.15. The molecule has 30 heavy (non-hydrogen) atoms. The summed E-state index contributed by atoms with van der Waals surface area (Å²) in [5.41, 5.74) is -0.680. The maximum absolute atomic E-state index is 13.3. The van der Waals surface area contributed by atoms with E-state index in [1.54, 1.807) is 17.5 Å². The van der Waals surface area contributed by atoms with Crippen molar-refractivity contribution in [2.24, 2.45) is 0 Å². The third-order valence-corrected chi connectivity index (χ3v) is 5.22. The van der Waals surface area contributed by atoms with E-state index in [1.165, 1.54) is 37.8 Å². The number of halogens is 3. The SMILES string of the molecule is COc1ccc(-c2cc(C(F)(F)F)nc(SCC(=O)Nc3nccs3)n2)cc1OC. The number of carbonyl (C=O) groups excluding carboxylic acids is 1. The fraction of sp³-hybridized carbons (Fsp3) is 0.222. The molecule has 0 bridgehead atoms. The van der Waals surface area contributed by atoms with Crippen LogP contribution in [0.3, 0.4) is 0 Å². The first-order valence-electron chi connectivity index (χ1n) is 8.31. The summed E-state index contributed by atoms with van der Waals surface area (Å²) in [4.78, 5) is 23.7. The minimum atomic E-state index is -4.67. The molecule has 2 aromatic heterocycles. The fourth-order valence-corrected chi connectivity index (χ4v) is 3.55. The number of nitrogens with zero attached hydrogens (tertiary/aromatic N) is 3. The molecule has 7 nitrogen and oxygen atoms in total. The van der Waals surface area contributed by atoms with Crippen LogP contribution in [0.1, 0.15) is 5.69 Å². The van der Waals surface area contributed by atoms with E-state index in [2.05, 4.69) is 20.3 Å². The highest BCUT2D eigenvalue weighted by Gasteiger charge is 2.34. The molecule has 0 aliphatic rings. The van der Waals surface area contributed by atoms with Crippen LogP contribution in [0.2, 0.25) is 0 Å². The standard InChI is InChI=1S/C18H15F3N4O3S2/c1-27-12-4-3-10(7-13(12)28-2)11-8-14(18(19,20)21)24-17(23-11)30-9-15(26)25-16-22-5-6-29-16/h3-8H,9H2,1-2H3,(H,22,25,26). The highest BCUT2D eigenvalue weighted by Crippen LogP contribution is 2.35. The van der Waals surface area contributed by atoms with E-state index in [-0.39, 0.29) is 16.6 Å². The van der Waals surface area contributed by atoms with Gasteiger partial charge in [0, 0.05) is 17.1 Å². The van der Waals surface area contributed by atoms with E-state index in [0.29, 0.717) is 22.2 Å². The second-order valence-electron chi connectivity index (χ2n) is 5.66. The topological polar surface area (TPSA) is 86.2 Å². The van der Waals surface area contributed by atoms with Crippen LogP contribution in [0, 0.1) is 0 Å². The first-order chi connectivity index (χ1) is 14.3. The number of aromatic nitrogens is 3. The highest BCUT2D eigenvalue weighted by atomic mass is 32.2. The number of ether oxygens (including phenoxy) is 2. The summed E-state index contributed by atoms with van der Waals surface area (Å²) in [5, 5.41) is 4.46. The molecule has 0 saturated carbocycles. The molecule has 0 radical (unpaired) electrons. The van der Waals surface area contributed by atoms with Gasteiger partial charge in [-0.15, -0.1) is 11.3 Å². The first-order valence-corrected chi connectivity index (χ1v) is 10.2. The number of methoxy groups -OCH3 is 2. The predicted molar refractivity (Wildman–Crippen MR) is 107 cm³/mol. The van der Waals surface area contributed by atoms with Crippen molar-refractivity contribution in [1.82, 2.24) is 15.0 Å². The number of thioether (sulfide) groups is 1. The van der Waals surface area contributed by atoms with Gasteiger partial charge >= 0.3 is 6.18 Å². The number of carbonyl (C=O) groups is 1. The molecule has 2 heterocycles. The van der Waals surface area contributed by atoms with Crippen molar-refractivity contribution in [3.05, 3.63) is 41.5 Å². The van der Waals surface area contributed by atoms with Crippen LogP contribution in [-0.2, 0) is 11.0 Å². The van der Waals surface area contributed by atoms with E-state index in [4.69, 9.17) is 9.47 Å². The van der Waals surface area contributed by atoms with Crippen LogP contribution in [0.25, 0.3) is 11.3 Å². The van der Waals surface area contributed by atoms with Crippen LogP contribution >= 0.6 is 23.1 Å². The monoisotopic (exact) mass is 456 g/mol. The predicted octanol–water partition coefficient (Wildman–Crippen LogP) is 4.37. The number of anilines is 1. The van der Waals surface area contributed by atoms with Gasteiger partial charge in [-0.3, -0.25) is 4.79 Å². The minimum Gasteiger partial charge on any atom is -0.493 e. The molecular weight excluding hydrogens is 441 g/mol. The maximum atomic E-state index is 13.3. The van der Waals surface area contributed by atoms with Gasteiger partial charge in [0.25, 0.3) is 0 Å². The Hall–Kier alpha value is -2.86. The zero-order valence-corrected chi connectivity index (χ0v) is 17.3. The van der Waals surface area contributed by atoms with Crippen LogP contribution < -0.4 is 14.8 Å². The van der Waals surface area contributed by atoms with Crippen molar-refractivity contribution in [3.8, 4) is 22.8 Å². The van der Waals surface area contributed by atoms with Gasteiger partial charge in [0.2, 0.25) is 5.91 Å². The number of amides is 1. The van der Waals surface area contributed by atoms with Crippen molar-refractivity contribution in [2.45, 2.75) is 11.3 Å². The second-order valence-corrected chi connectivity index (χ2v) is 7.50. The van der Waals surface area contributed by atoms with Gasteiger partial charge < -0.3 is 14.8 Å². The summed E-state index contributed by atoms with van der Waals surface area (Å²) < 4.78 is 50.4. The summed E-state index contributed by atoms with van der Waals surface area (Å²) in [7, 11) is 2.88.